The Hall–Kier alpha value is -2.94. The van der Waals surface area contributed by atoms with E-state index in [-0.39, 0.29) is 28.4 Å². The van der Waals surface area contributed by atoms with Crippen molar-refractivity contribution in [3.63, 3.8) is 0 Å². The van der Waals surface area contributed by atoms with Gasteiger partial charge in [-0.2, -0.15) is 0 Å². The van der Waals surface area contributed by atoms with Gasteiger partial charge in [-0.3, -0.25) is 9.52 Å². The van der Waals surface area contributed by atoms with Crippen molar-refractivity contribution in [2.45, 2.75) is 37.1 Å². The summed E-state index contributed by atoms with van der Waals surface area (Å²) in [5.41, 5.74) is 1.94. The molecule has 1 N–H and O–H groups in total. The Kier molecular flexibility index (Phi) is 5.47. The molecular formula is C22H26N2O6S. The summed E-state index contributed by atoms with van der Waals surface area (Å²) >= 11 is 0. The molecule has 1 heterocycles. The number of rotatable bonds is 7. The predicted octanol–water partition coefficient (Wildman–Crippen LogP) is 3.20. The van der Waals surface area contributed by atoms with Gasteiger partial charge in [0.25, 0.3) is 10.0 Å². The number of sulfonamides is 1. The summed E-state index contributed by atoms with van der Waals surface area (Å²) in [4.78, 5) is 14.6. The van der Waals surface area contributed by atoms with Crippen molar-refractivity contribution in [3.8, 4) is 17.2 Å². The van der Waals surface area contributed by atoms with Gasteiger partial charge in [-0.1, -0.05) is 0 Å². The number of amides is 1. The summed E-state index contributed by atoms with van der Waals surface area (Å²) in [6.45, 7) is 1.99. The fraction of sp³-hybridized carbons (Fsp3) is 0.409. The predicted molar refractivity (Wildman–Crippen MR) is 117 cm³/mol. The van der Waals surface area contributed by atoms with Gasteiger partial charge >= 0.3 is 0 Å². The van der Waals surface area contributed by atoms with Crippen LogP contribution in [0, 0.1) is 5.92 Å². The van der Waals surface area contributed by atoms with E-state index in [1.54, 1.807) is 12.1 Å². The quantitative estimate of drug-likeness (QED) is 0.702. The summed E-state index contributed by atoms with van der Waals surface area (Å²) in [6.07, 6.45) is 2.49. The van der Waals surface area contributed by atoms with Gasteiger partial charge in [0.15, 0.2) is 11.5 Å². The van der Waals surface area contributed by atoms with Crippen molar-refractivity contribution in [1.29, 1.82) is 0 Å². The minimum absolute atomic E-state index is 0.0177. The van der Waals surface area contributed by atoms with Crippen molar-refractivity contribution in [1.82, 2.24) is 0 Å². The van der Waals surface area contributed by atoms with Crippen molar-refractivity contribution in [2.24, 2.45) is 5.92 Å². The van der Waals surface area contributed by atoms with E-state index in [0.29, 0.717) is 23.7 Å². The summed E-state index contributed by atoms with van der Waals surface area (Å²) < 4.78 is 44.6. The third-order valence-corrected chi connectivity index (χ3v) is 7.04. The van der Waals surface area contributed by atoms with Gasteiger partial charge in [0.1, 0.15) is 0 Å². The number of nitrogens with zero attached hydrogens (tertiary/aromatic N) is 1. The highest BCUT2D eigenvalue weighted by Gasteiger charge is 2.39. The van der Waals surface area contributed by atoms with E-state index in [4.69, 9.17) is 14.2 Å². The molecule has 2 aromatic carbocycles. The number of carbonyl (C=O) groups is 1. The Morgan fingerprint density at radius 2 is 1.68 bits per heavy atom. The van der Waals surface area contributed by atoms with Crippen LogP contribution in [0.2, 0.25) is 0 Å². The molecule has 1 atom stereocenters. The molecule has 1 amide bonds. The largest absolute Gasteiger partial charge is 0.493 e. The highest BCUT2D eigenvalue weighted by Crippen LogP contribution is 2.42. The maximum Gasteiger partial charge on any atom is 0.261 e. The monoisotopic (exact) mass is 446 g/mol. The molecule has 9 heteroatoms. The highest BCUT2D eigenvalue weighted by atomic mass is 32.2. The zero-order valence-electron chi connectivity index (χ0n) is 18.0. The Labute approximate surface area is 182 Å². The molecule has 0 radical (unpaired) electrons. The highest BCUT2D eigenvalue weighted by molar-refractivity contribution is 7.92. The molecule has 2 aliphatic rings. The van der Waals surface area contributed by atoms with Crippen LogP contribution in [-0.2, 0) is 21.2 Å². The number of carbonyl (C=O) groups excluding carboxylic acids is 1. The summed E-state index contributed by atoms with van der Waals surface area (Å²) in [7, 11) is 0.539. The van der Waals surface area contributed by atoms with Crippen LogP contribution in [0.25, 0.3) is 0 Å². The van der Waals surface area contributed by atoms with E-state index in [1.807, 2.05) is 11.8 Å². The van der Waals surface area contributed by atoms with Crippen molar-refractivity contribution in [3.05, 3.63) is 35.9 Å². The first kappa shape index (κ1) is 21.3. The Bertz CT molecular complexity index is 1100. The fourth-order valence-electron chi connectivity index (χ4n) is 3.99. The van der Waals surface area contributed by atoms with E-state index in [1.165, 1.54) is 39.5 Å². The second-order valence-corrected chi connectivity index (χ2v) is 9.53. The molecule has 0 unspecified atom stereocenters. The van der Waals surface area contributed by atoms with E-state index < -0.39 is 10.0 Å². The number of ether oxygens (including phenoxy) is 3. The number of hydrogen-bond acceptors (Lipinski definition) is 6. The molecule has 1 saturated carbocycles. The first-order valence-corrected chi connectivity index (χ1v) is 11.6. The lowest BCUT2D eigenvalue weighted by Gasteiger charge is -2.22. The van der Waals surface area contributed by atoms with Gasteiger partial charge in [0, 0.05) is 29.8 Å². The van der Waals surface area contributed by atoms with Gasteiger partial charge in [-0.25, -0.2) is 8.42 Å². The van der Waals surface area contributed by atoms with Gasteiger partial charge in [0.2, 0.25) is 11.7 Å². The lowest BCUT2D eigenvalue weighted by Crippen LogP contribution is -2.36. The van der Waals surface area contributed by atoms with Crippen LogP contribution in [0.15, 0.2) is 35.2 Å². The van der Waals surface area contributed by atoms with Crippen LogP contribution in [0.4, 0.5) is 11.4 Å². The fourth-order valence-corrected chi connectivity index (χ4v) is 5.08. The average molecular weight is 447 g/mol. The molecule has 166 valence electrons. The topological polar surface area (TPSA) is 94.2 Å². The standard InChI is InChI=1S/C22H26N2O6S/c1-13-9-15-10-17(7-8-18(15)24(13)22(25)14-5-6-14)31(26,27)23-16-11-19(28-2)21(30-4)20(12-16)29-3/h7-8,10-14,23H,5-6,9H2,1-4H3/t13-/m0/s1. The minimum Gasteiger partial charge on any atom is -0.493 e. The minimum atomic E-state index is -3.87. The van der Waals surface area contributed by atoms with E-state index in [0.717, 1.165) is 24.1 Å². The maximum atomic E-state index is 13.1. The lowest BCUT2D eigenvalue weighted by atomic mass is 10.1. The molecule has 0 saturated heterocycles. The van der Waals surface area contributed by atoms with Crippen molar-refractivity contribution in [2.75, 3.05) is 31.0 Å². The molecule has 8 nitrogen and oxygen atoms in total. The van der Waals surface area contributed by atoms with Crippen LogP contribution in [0.1, 0.15) is 25.3 Å². The number of fused-ring (bicyclic) bond motifs is 1. The SMILES string of the molecule is COc1cc(NS(=O)(=O)c2ccc3c(c2)C[C@H](C)N3C(=O)C2CC2)cc(OC)c1OC. The number of hydrogen-bond donors (Lipinski definition) is 1. The lowest BCUT2D eigenvalue weighted by molar-refractivity contribution is -0.120. The number of methoxy groups -OCH3 is 3. The van der Waals surface area contributed by atoms with Crippen LogP contribution in [-0.4, -0.2) is 41.7 Å². The Morgan fingerprint density at radius 3 is 2.23 bits per heavy atom. The van der Waals surface area contributed by atoms with Gasteiger partial charge < -0.3 is 19.1 Å². The number of anilines is 2. The van der Waals surface area contributed by atoms with Gasteiger partial charge in [0.05, 0.1) is 31.9 Å². The molecule has 1 aliphatic carbocycles. The van der Waals surface area contributed by atoms with E-state index in [2.05, 4.69) is 4.72 Å². The average Bonchev–Trinajstić information content (AvgIpc) is 3.54. The van der Waals surface area contributed by atoms with E-state index >= 15 is 0 Å². The molecular weight excluding hydrogens is 420 g/mol. The third-order valence-electron chi connectivity index (χ3n) is 5.66. The maximum absolute atomic E-state index is 13.1. The molecule has 0 bridgehead atoms. The van der Waals surface area contributed by atoms with Crippen LogP contribution >= 0.6 is 0 Å². The molecule has 0 aromatic heterocycles. The number of nitrogens with one attached hydrogen (secondary N) is 1. The van der Waals surface area contributed by atoms with Gasteiger partial charge in [-0.15, -0.1) is 0 Å². The van der Waals surface area contributed by atoms with Crippen LogP contribution in [0.5, 0.6) is 17.2 Å². The number of benzene rings is 2. The molecule has 1 aliphatic heterocycles. The zero-order valence-corrected chi connectivity index (χ0v) is 18.8. The Balaban J connectivity index is 1.63. The summed E-state index contributed by atoms with van der Waals surface area (Å²) in [5.74, 6) is 1.31. The molecule has 2 aromatic rings. The van der Waals surface area contributed by atoms with Crippen molar-refractivity contribution < 1.29 is 27.4 Å². The second-order valence-electron chi connectivity index (χ2n) is 7.85. The van der Waals surface area contributed by atoms with Crippen LogP contribution < -0.4 is 23.8 Å². The first-order valence-electron chi connectivity index (χ1n) is 10.1. The Morgan fingerprint density at radius 1 is 1.03 bits per heavy atom. The van der Waals surface area contributed by atoms with E-state index in [9.17, 15) is 13.2 Å². The normalized spacial score (nSPS) is 17.8. The zero-order chi connectivity index (χ0) is 22.3. The van der Waals surface area contributed by atoms with Crippen molar-refractivity contribution >= 4 is 27.3 Å². The first-order chi connectivity index (χ1) is 14.8. The third kappa shape index (κ3) is 3.89. The van der Waals surface area contributed by atoms with Crippen LogP contribution in [0.3, 0.4) is 0 Å². The summed E-state index contributed by atoms with van der Waals surface area (Å²) in [6, 6.07) is 7.98. The second kappa shape index (κ2) is 7.96. The smallest absolute Gasteiger partial charge is 0.261 e. The molecule has 4 rings (SSSR count). The molecule has 31 heavy (non-hydrogen) atoms. The summed E-state index contributed by atoms with van der Waals surface area (Å²) in [5, 5.41) is 0. The molecule has 0 spiro atoms. The van der Waals surface area contributed by atoms with Gasteiger partial charge in [-0.05, 0) is 49.9 Å². The molecule has 1 fully saturated rings.